The number of imidazole rings is 1. The van der Waals surface area contributed by atoms with Gasteiger partial charge in [-0.3, -0.25) is 0 Å². The topological polar surface area (TPSA) is 30.7 Å². The zero-order chi connectivity index (χ0) is 26.8. The SMILES string of the molecule is [2H]C([2H])([2H])c1ccc(-c2ccc(-c3nc4ccccc4n3CC)c3sc4nc(C([2H])([2H])[2H])ccc4c23)cc1. The highest BCUT2D eigenvalue weighted by molar-refractivity contribution is 7.26. The van der Waals surface area contributed by atoms with Crippen LogP contribution in [0.4, 0.5) is 0 Å². The Morgan fingerprint density at radius 3 is 2.53 bits per heavy atom. The van der Waals surface area contributed by atoms with Gasteiger partial charge in [-0.2, -0.15) is 0 Å². The first kappa shape index (κ1) is 13.8. The molecule has 32 heavy (non-hydrogen) atoms. The van der Waals surface area contributed by atoms with Crippen molar-refractivity contribution in [2.24, 2.45) is 0 Å². The third kappa shape index (κ3) is 2.87. The van der Waals surface area contributed by atoms with Gasteiger partial charge < -0.3 is 4.57 Å². The Morgan fingerprint density at radius 2 is 1.72 bits per heavy atom. The molecule has 3 heterocycles. The molecule has 0 aliphatic carbocycles. The molecular formula is C28H23N3S. The molecule has 3 nitrogen and oxygen atoms in total. The zero-order valence-corrected chi connectivity index (χ0v) is 18.2. The second-order valence-corrected chi connectivity index (χ2v) is 8.76. The first-order valence-corrected chi connectivity index (χ1v) is 11.3. The molecule has 4 heteroatoms. The second kappa shape index (κ2) is 7.28. The van der Waals surface area contributed by atoms with Gasteiger partial charge in [0.1, 0.15) is 10.7 Å². The lowest BCUT2D eigenvalue weighted by molar-refractivity contribution is 0.797. The molecule has 0 radical (unpaired) electrons. The van der Waals surface area contributed by atoms with Gasteiger partial charge in [-0.05, 0) is 62.1 Å². The molecule has 0 spiro atoms. The van der Waals surface area contributed by atoms with Crippen LogP contribution in [0.5, 0.6) is 0 Å². The Labute approximate surface area is 199 Å². The number of aryl methyl sites for hydroxylation is 3. The van der Waals surface area contributed by atoms with Gasteiger partial charge in [0.15, 0.2) is 0 Å². The summed E-state index contributed by atoms with van der Waals surface area (Å²) >= 11 is 1.45. The lowest BCUT2D eigenvalue weighted by atomic mass is 9.97. The lowest BCUT2D eigenvalue weighted by Crippen LogP contribution is -1.97. The summed E-state index contributed by atoms with van der Waals surface area (Å²) in [6.45, 7) is -1.66. The van der Waals surface area contributed by atoms with Gasteiger partial charge in [0.05, 0.1) is 11.0 Å². The molecule has 0 amide bonds. The number of benzene rings is 3. The molecular weight excluding hydrogens is 410 g/mol. The molecule has 0 atom stereocenters. The van der Waals surface area contributed by atoms with Crippen LogP contribution in [0, 0.1) is 13.7 Å². The molecule has 0 aliphatic rings. The van der Waals surface area contributed by atoms with E-state index in [1.165, 1.54) is 11.3 Å². The second-order valence-electron chi connectivity index (χ2n) is 7.76. The summed E-state index contributed by atoms with van der Waals surface area (Å²) in [5, 5.41) is 1.80. The van der Waals surface area contributed by atoms with Crippen LogP contribution in [0.2, 0.25) is 0 Å². The van der Waals surface area contributed by atoms with Crippen molar-refractivity contribution in [2.45, 2.75) is 27.2 Å². The van der Waals surface area contributed by atoms with Gasteiger partial charge in [0.25, 0.3) is 0 Å². The maximum absolute atomic E-state index is 7.84. The number of pyridine rings is 1. The number of rotatable bonds is 3. The number of hydrogen-bond acceptors (Lipinski definition) is 3. The number of para-hydroxylation sites is 2. The van der Waals surface area contributed by atoms with Crippen LogP contribution in [-0.4, -0.2) is 14.5 Å². The molecule has 0 fully saturated rings. The summed E-state index contributed by atoms with van der Waals surface area (Å²) in [5.41, 5.74) is 5.04. The summed E-state index contributed by atoms with van der Waals surface area (Å²) in [6, 6.07) is 22.4. The quantitative estimate of drug-likeness (QED) is 0.282. The zero-order valence-electron chi connectivity index (χ0n) is 23.4. The summed E-state index contributed by atoms with van der Waals surface area (Å²) in [6.07, 6.45) is 0. The third-order valence-corrected chi connectivity index (χ3v) is 7.03. The molecule has 0 saturated heterocycles. The van der Waals surface area contributed by atoms with Gasteiger partial charge in [0, 0.05) is 41.5 Å². The minimum atomic E-state index is -2.31. The van der Waals surface area contributed by atoms with Gasteiger partial charge in [-0.15, -0.1) is 11.3 Å². The number of hydrogen-bond donors (Lipinski definition) is 0. The van der Waals surface area contributed by atoms with Crippen molar-refractivity contribution >= 4 is 42.7 Å². The maximum atomic E-state index is 7.84. The molecule has 0 N–H and O–H groups in total. The summed E-state index contributed by atoms with van der Waals surface area (Å²) in [7, 11) is 0. The highest BCUT2D eigenvalue weighted by Gasteiger charge is 2.20. The molecule has 6 aromatic rings. The molecule has 3 aromatic heterocycles. The Bertz CT molecular complexity index is 1830. The lowest BCUT2D eigenvalue weighted by Gasteiger charge is -2.11. The molecule has 3 aromatic carbocycles. The average Bonchev–Trinajstić information content (AvgIpc) is 3.45. The van der Waals surface area contributed by atoms with Crippen LogP contribution in [-0.2, 0) is 6.54 Å². The highest BCUT2D eigenvalue weighted by Crippen LogP contribution is 2.44. The smallest absolute Gasteiger partial charge is 0.142 e. The van der Waals surface area contributed by atoms with Crippen LogP contribution in [0.3, 0.4) is 0 Å². The van der Waals surface area contributed by atoms with Gasteiger partial charge in [-0.1, -0.05) is 48.0 Å². The van der Waals surface area contributed by atoms with E-state index in [1.54, 1.807) is 18.2 Å². The van der Waals surface area contributed by atoms with Crippen molar-refractivity contribution in [1.82, 2.24) is 14.5 Å². The first-order valence-electron chi connectivity index (χ1n) is 13.5. The molecule has 0 bridgehead atoms. The Morgan fingerprint density at radius 1 is 0.875 bits per heavy atom. The number of fused-ring (bicyclic) bond motifs is 4. The number of nitrogens with zero attached hydrogens (tertiary/aromatic N) is 3. The molecule has 156 valence electrons. The summed E-state index contributed by atoms with van der Waals surface area (Å²) in [5.74, 6) is 0.839. The molecule has 0 saturated carbocycles. The van der Waals surface area contributed by atoms with E-state index in [0.29, 0.717) is 4.83 Å². The molecule has 6 rings (SSSR count). The minimum absolute atomic E-state index is 0.0579. The van der Waals surface area contributed by atoms with Crippen molar-refractivity contribution < 1.29 is 8.22 Å². The predicted octanol–water partition coefficient (Wildman–Crippen LogP) is 7.77. The third-order valence-electron chi connectivity index (χ3n) is 5.89. The molecule has 0 aliphatic heterocycles. The molecule has 0 unspecified atom stereocenters. The summed E-state index contributed by atoms with van der Waals surface area (Å²) in [4.78, 5) is 10.1. The van der Waals surface area contributed by atoms with E-state index in [-0.39, 0.29) is 11.3 Å². The standard InChI is InChI=1S/C28H23N3S/c1-4-31-24-8-6-5-7-23(24)30-27(31)22-16-15-20(19-12-9-17(2)10-13-19)25-21-14-11-18(3)29-28(21)32-26(22)25/h5-16H,4H2,1-3H3/i2D3,3D3. The van der Waals surface area contributed by atoms with E-state index in [9.17, 15) is 0 Å². The van der Waals surface area contributed by atoms with Crippen LogP contribution < -0.4 is 0 Å². The van der Waals surface area contributed by atoms with Gasteiger partial charge in [-0.25, -0.2) is 9.97 Å². The Kier molecular flexibility index (Phi) is 3.14. The maximum Gasteiger partial charge on any atom is 0.142 e. The Hall–Kier alpha value is -3.50. The van der Waals surface area contributed by atoms with Crippen molar-refractivity contribution in [2.75, 3.05) is 0 Å². The fraction of sp³-hybridized carbons (Fsp3) is 0.143. The van der Waals surface area contributed by atoms with Crippen molar-refractivity contribution in [3.05, 3.63) is 84.1 Å². The van der Waals surface area contributed by atoms with Crippen LogP contribution in [0.15, 0.2) is 72.8 Å². The summed E-state index contributed by atoms with van der Waals surface area (Å²) < 4.78 is 49.8. The van der Waals surface area contributed by atoms with Gasteiger partial charge >= 0.3 is 0 Å². The van der Waals surface area contributed by atoms with Crippen LogP contribution in [0.1, 0.15) is 26.4 Å². The predicted molar refractivity (Wildman–Crippen MR) is 136 cm³/mol. The fourth-order valence-electron chi connectivity index (χ4n) is 4.43. The highest BCUT2D eigenvalue weighted by atomic mass is 32.1. The number of thiophene rings is 1. The van der Waals surface area contributed by atoms with Crippen molar-refractivity contribution in [3.63, 3.8) is 0 Å². The minimum Gasteiger partial charge on any atom is -0.324 e. The number of aromatic nitrogens is 3. The van der Waals surface area contributed by atoms with E-state index in [4.69, 9.17) is 13.2 Å². The monoisotopic (exact) mass is 439 g/mol. The Balaban J connectivity index is 1.66. The average molecular weight is 440 g/mol. The van der Waals surface area contributed by atoms with E-state index in [1.807, 2.05) is 48.5 Å². The van der Waals surface area contributed by atoms with Crippen molar-refractivity contribution in [3.8, 4) is 22.5 Å². The van der Waals surface area contributed by atoms with Crippen LogP contribution >= 0.6 is 11.3 Å². The normalized spacial score (nSPS) is 15.3. The van der Waals surface area contributed by atoms with Gasteiger partial charge in [0.2, 0.25) is 0 Å². The van der Waals surface area contributed by atoms with Crippen molar-refractivity contribution in [1.29, 1.82) is 0 Å². The largest absolute Gasteiger partial charge is 0.324 e. The van der Waals surface area contributed by atoms with Crippen LogP contribution in [0.25, 0.3) is 53.9 Å². The van der Waals surface area contributed by atoms with E-state index >= 15 is 0 Å². The fourth-order valence-corrected chi connectivity index (χ4v) is 5.64. The first-order chi connectivity index (χ1) is 18.1. The van der Waals surface area contributed by atoms with E-state index in [0.717, 1.165) is 55.6 Å². The van der Waals surface area contributed by atoms with E-state index < -0.39 is 13.7 Å². The van der Waals surface area contributed by atoms with E-state index in [2.05, 4.69) is 22.5 Å².